The first kappa shape index (κ1) is 16.2. The smallest absolute Gasteiger partial charge is 0.137 e. The number of aromatic nitrogens is 2. The number of nitrogens with zero attached hydrogens (tertiary/aromatic N) is 2. The Kier molecular flexibility index (Phi) is 5.53. The van der Waals surface area contributed by atoms with Gasteiger partial charge >= 0.3 is 0 Å². The van der Waals surface area contributed by atoms with E-state index in [-0.39, 0.29) is 5.82 Å². The summed E-state index contributed by atoms with van der Waals surface area (Å²) < 4.78 is 16.0. The highest BCUT2D eigenvalue weighted by molar-refractivity contribution is 9.10. The fourth-order valence-corrected chi connectivity index (χ4v) is 2.76. The number of rotatable bonds is 6. The Morgan fingerprint density at radius 2 is 2.10 bits per heavy atom. The normalized spacial score (nSPS) is 11.1. The zero-order valence-electron chi connectivity index (χ0n) is 12.7. The standard InChI is InChI=1S/C16H21BrFN3/c1-4-8-19-9-14-11(2)20-21(12(14)3)10-13-6-5-7-15(18)16(13)17/h5-7,19H,4,8-10H2,1-3H3. The van der Waals surface area contributed by atoms with Crippen molar-refractivity contribution in [2.75, 3.05) is 6.54 Å². The number of halogens is 2. The summed E-state index contributed by atoms with van der Waals surface area (Å²) >= 11 is 3.31. The van der Waals surface area contributed by atoms with Crippen LogP contribution in [0.2, 0.25) is 0 Å². The molecule has 0 unspecified atom stereocenters. The van der Waals surface area contributed by atoms with Gasteiger partial charge in [0.1, 0.15) is 5.82 Å². The molecule has 5 heteroatoms. The lowest BCUT2D eigenvalue weighted by atomic mass is 10.2. The molecule has 0 bridgehead atoms. The van der Waals surface area contributed by atoms with Crippen LogP contribution < -0.4 is 5.32 Å². The molecule has 1 aromatic heterocycles. The molecule has 1 heterocycles. The molecular formula is C16H21BrFN3. The van der Waals surface area contributed by atoms with Gasteiger partial charge in [0.05, 0.1) is 16.7 Å². The van der Waals surface area contributed by atoms with E-state index in [0.717, 1.165) is 36.5 Å². The van der Waals surface area contributed by atoms with Crippen LogP contribution in [0.15, 0.2) is 22.7 Å². The van der Waals surface area contributed by atoms with Gasteiger partial charge in [0.15, 0.2) is 0 Å². The van der Waals surface area contributed by atoms with Gasteiger partial charge in [0, 0.05) is 17.8 Å². The summed E-state index contributed by atoms with van der Waals surface area (Å²) in [5, 5.41) is 8.00. The Labute approximate surface area is 133 Å². The third-order valence-corrected chi connectivity index (χ3v) is 4.50. The minimum absolute atomic E-state index is 0.237. The van der Waals surface area contributed by atoms with Crippen LogP contribution in [-0.4, -0.2) is 16.3 Å². The van der Waals surface area contributed by atoms with Crippen LogP contribution in [0.3, 0.4) is 0 Å². The van der Waals surface area contributed by atoms with E-state index in [1.54, 1.807) is 6.07 Å². The molecule has 0 saturated heterocycles. The Morgan fingerprint density at radius 1 is 1.33 bits per heavy atom. The molecule has 3 nitrogen and oxygen atoms in total. The van der Waals surface area contributed by atoms with E-state index in [0.29, 0.717) is 11.0 Å². The first-order valence-corrected chi connectivity index (χ1v) is 8.00. The van der Waals surface area contributed by atoms with Crippen LogP contribution in [0, 0.1) is 19.7 Å². The minimum Gasteiger partial charge on any atom is -0.313 e. The maximum atomic E-state index is 13.6. The van der Waals surface area contributed by atoms with E-state index in [1.165, 1.54) is 11.6 Å². The second-order valence-corrected chi connectivity index (χ2v) is 5.99. The molecule has 0 atom stereocenters. The van der Waals surface area contributed by atoms with Crippen LogP contribution >= 0.6 is 15.9 Å². The molecular weight excluding hydrogens is 333 g/mol. The zero-order chi connectivity index (χ0) is 15.4. The third kappa shape index (κ3) is 3.71. The van der Waals surface area contributed by atoms with Crippen LogP contribution in [-0.2, 0) is 13.1 Å². The summed E-state index contributed by atoms with van der Waals surface area (Å²) in [5.41, 5.74) is 4.29. The lowest BCUT2D eigenvalue weighted by Crippen LogP contribution is -2.15. The number of benzene rings is 1. The van der Waals surface area contributed by atoms with Crippen molar-refractivity contribution < 1.29 is 4.39 Å². The SMILES string of the molecule is CCCNCc1c(C)nn(Cc2cccc(F)c2Br)c1C. The predicted molar refractivity (Wildman–Crippen MR) is 86.9 cm³/mol. The molecule has 21 heavy (non-hydrogen) atoms. The minimum atomic E-state index is -0.237. The van der Waals surface area contributed by atoms with Gasteiger partial charge in [-0.1, -0.05) is 19.1 Å². The van der Waals surface area contributed by atoms with E-state index in [9.17, 15) is 4.39 Å². The van der Waals surface area contributed by atoms with Crippen LogP contribution in [0.25, 0.3) is 0 Å². The summed E-state index contributed by atoms with van der Waals surface area (Å²) in [4.78, 5) is 0. The molecule has 0 aliphatic rings. The van der Waals surface area contributed by atoms with E-state index >= 15 is 0 Å². The lowest BCUT2D eigenvalue weighted by molar-refractivity contribution is 0.607. The molecule has 0 radical (unpaired) electrons. The fourth-order valence-electron chi connectivity index (χ4n) is 2.37. The van der Waals surface area contributed by atoms with Crippen molar-refractivity contribution in [1.29, 1.82) is 0 Å². The average molecular weight is 354 g/mol. The summed E-state index contributed by atoms with van der Waals surface area (Å²) in [6.45, 7) is 8.63. The maximum absolute atomic E-state index is 13.6. The van der Waals surface area contributed by atoms with Gasteiger partial charge in [0.2, 0.25) is 0 Å². The Bertz CT molecular complexity index is 622. The number of hydrogen-bond donors (Lipinski definition) is 1. The molecule has 0 aliphatic heterocycles. The highest BCUT2D eigenvalue weighted by Crippen LogP contribution is 2.22. The zero-order valence-corrected chi connectivity index (χ0v) is 14.3. The maximum Gasteiger partial charge on any atom is 0.137 e. The topological polar surface area (TPSA) is 29.9 Å². The largest absolute Gasteiger partial charge is 0.313 e. The van der Waals surface area contributed by atoms with E-state index in [4.69, 9.17) is 0 Å². The van der Waals surface area contributed by atoms with Crippen LogP contribution in [0.4, 0.5) is 4.39 Å². The van der Waals surface area contributed by atoms with Crippen molar-refractivity contribution in [1.82, 2.24) is 15.1 Å². The van der Waals surface area contributed by atoms with Gasteiger partial charge < -0.3 is 5.32 Å². The van der Waals surface area contributed by atoms with Gasteiger partial charge in [-0.3, -0.25) is 4.68 Å². The Balaban J connectivity index is 2.21. The molecule has 114 valence electrons. The molecule has 0 aliphatic carbocycles. The van der Waals surface area contributed by atoms with Crippen molar-refractivity contribution in [3.05, 3.63) is 51.0 Å². The van der Waals surface area contributed by atoms with Gasteiger partial charge in [-0.2, -0.15) is 5.10 Å². The van der Waals surface area contributed by atoms with E-state index in [1.807, 2.05) is 17.7 Å². The molecule has 2 aromatic rings. The highest BCUT2D eigenvalue weighted by Gasteiger charge is 2.13. The van der Waals surface area contributed by atoms with Crippen LogP contribution in [0.1, 0.15) is 35.9 Å². The van der Waals surface area contributed by atoms with Gasteiger partial charge in [-0.25, -0.2) is 4.39 Å². The van der Waals surface area contributed by atoms with Crippen molar-refractivity contribution in [2.45, 2.75) is 40.3 Å². The molecule has 0 amide bonds. The molecule has 0 spiro atoms. The van der Waals surface area contributed by atoms with Gasteiger partial charge in [0.25, 0.3) is 0 Å². The second kappa shape index (κ2) is 7.18. The molecule has 0 saturated carbocycles. The van der Waals surface area contributed by atoms with Crippen LogP contribution in [0.5, 0.6) is 0 Å². The second-order valence-electron chi connectivity index (χ2n) is 5.20. The van der Waals surface area contributed by atoms with Crippen molar-refractivity contribution in [3.63, 3.8) is 0 Å². The molecule has 2 rings (SSSR count). The number of aryl methyl sites for hydroxylation is 1. The third-order valence-electron chi connectivity index (χ3n) is 3.61. The molecule has 0 fully saturated rings. The predicted octanol–water partition coefficient (Wildman–Crippen LogP) is 3.95. The summed E-state index contributed by atoms with van der Waals surface area (Å²) in [6.07, 6.45) is 1.11. The quantitative estimate of drug-likeness (QED) is 0.796. The Morgan fingerprint density at radius 3 is 2.81 bits per heavy atom. The average Bonchev–Trinajstić information content (AvgIpc) is 2.71. The van der Waals surface area contributed by atoms with Gasteiger partial charge in [-0.05, 0) is 54.4 Å². The van der Waals surface area contributed by atoms with Crippen molar-refractivity contribution in [2.24, 2.45) is 0 Å². The monoisotopic (exact) mass is 353 g/mol. The van der Waals surface area contributed by atoms with E-state index in [2.05, 4.69) is 40.2 Å². The summed E-state index contributed by atoms with van der Waals surface area (Å²) in [6, 6.07) is 5.10. The lowest BCUT2D eigenvalue weighted by Gasteiger charge is -2.08. The van der Waals surface area contributed by atoms with Gasteiger partial charge in [-0.15, -0.1) is 0 Å². The fraction of sp³-hybridized carbons (Fsp3) is 0.438. The number of nitrogens with one attached hydrogen (secondary N) is 1. The summed E-state index contributed by atoms with van der Waals surface area (Å²) in [5.74, 6) is -0.237. The summed E-state index contributed by atoms with van der Waals surface area (Å²) in [7, 11) is 0. The van der Waals surface area contributed by atoms with Crippen molar-refractivity contribution in [3.8, 4) is 0 Å². The highest BCUT2D eigenvalue weighted by atomic mass is 79.9. The first-order valence-electron chi connectivity index (χ1n) is 7.21. The Hall–Kier alpha value is -1.20. The van der Waals surface area contributed by atoms with E-state index < -0.39 is 0 Å². The molecule has 1 aromatic carbocycles. The van der Waals surface area contributed by atoms with Crippen molar-refractivity contribution >= 4 is 15.9 Å². The first-order chi connectivity index (χ1) is 10.0. The molecule has 1 N–H and O–H groups in total. The number of hydrogen-bond acceptors (Lipinski definition) is 2.